The molecule has 98 valence electrons. The lowest BCUT2D eigenvalue weighted by Gasteiger charge is -2.36. The number of carbonyl (C=O) groups excluding carboxylic acids is 1. The van der Waals surface area contributed by atoms with Gasteiger partial charge in [0.15, 0.2) is 0 Å². The van der Waals surface area contributed by atoms with E-state index in [1.54, 1.807) is 11.8 Å². The second-order valence-corrected chi connectivity index (χ2v) is 5.65. The van der Waals surface area contributed by atoms with E-state index in [2.05, 4.69) is 15.2 Å². The molecule has 1 saturated heterocycles. The van der Waals surface area contributed by atoms with Crippen LogP contribution in [0.5, 0.6) is 0 Å². The number of H-pyrrole nitrogens is 1. The number of aliphatic hydroxyl groups is 1. The smallest absolute Gasteiger partial charge is 0.293 e. The highest BCUT2D eigenvalue weighted by molar-refractivity contribution is 5.90. The molecular weight excluding hydrogens is 232 g/mol. The van der Waals surface area contributed by atoms with Gasteiger partial charge in [0, 0.05) is 19.0 Å². The Kier molecular flexibility index (Phi) is 2.62. The third-order valence-corrected chi connectivity index (χ3v) is 3.62. The lowest BCUT2D eigenvalue weighted by Crippen LogP contribution is -2.48. The minimum atomic E-state index is -0.788. The minimum absolute atomic E-state index is 0.182. The fourth-order valence-corrected chi connectivity index (χ4v) is 2.44. The predicted octanol–water partition coefficient (Wildman–Crippen LogP) is 0.669. The highest BCUT2D eigenvalue weighted by Gasteiger charge is 2.34. The molecule has 0 radical (unpaired) electrons. The Labute approximate surface area is 105 Å². The molecule has 1 atom stereocenters. The van der Waals surface area contributed by atoms with Crippen LogP contribution in [0.2, 0.25) is 0 Å². The lowest BCUT2D eigenvalue weighted by atomic mass is 9.95. The van der Waals surface area contributed by atoms with Gasteiger partial charge >= 0.3 is 0 Å². The summed E-state index contributed by atoms with van der Waals surface area (Å²) >= 11 is 0. The topological polar surface area (TPSA) is 82.1 Å². The summed E-state index contributed by atoms with van der Waals surface area (Å²) in [5.74, 6) is 1.33. The molecule has 1 aliphatic heterocycles. The number of likely N-dealkylation sites (tertiary alicyclic amines) is 1. The van der Waals surface area contributed by atoms with Crippen LogP contribution in [0, 0.1) is 0 Å². The fraction of sp³-hybridized carbons (Fsp3) is 0.750. The number of nitrogens with one attached hydrogen (secondary N) is 1. The molecule has 0 spiro atoms. The number of aromatic amines is 1. The van der Waals surface area contributed by atoms with Gasteiger partial charge < -0.3 is 10.0 Å². The first-order chi connectivity index (χ1) is 8.55. The minimum Gasteiger partial charge on any atom is -0.388 e. The zero-order valence-electron chi connectivity index (χ0n) is 10.5. The number of aromatic nitrogens is 3. The molecule has 3 rings (SSSR count). The molecule has 1 unspecified atom stereocenters. The molecule has 1 amide bonds. The van der Waals surface area contributed by atoms with Crippen LogP contribution in [0.4, 0.5) is 0 Å². The van der Waals surface area contributed by atoms with Crippen LogP contribution in [0.3, 0.4) is 0 Å². The summed E-state index contributed by atoms with van der Waals surface area (Å²) in [7, 11) is 0. The summed E-state index contributed by atoms with van der Waals surface area (Å²) in [6.45, 7) is 2.79. The van der Waals surface area contributed by atoms with Crippen molar-refractivity contribution in [1.29, 1.82) is 0 Å². The SMILES string of the molecule is CC1(O)CCCN(C(=O)c2n[nH]c(C3CC3)n2)C1. The summed E-state index contributed by atoms with van der Waals surface area (Å²) < 4.78 is 0. The van der Waals surface area contributed by atoms with E-state index in [4.69, 9.17) is 0 Å². The van der Waals surface area contributed by atoms with E-state index in [1.807, 2.05) is 0 Å². The molecule has 18 heavy (non-hydrogen) atoms. The van der Waals surface area contributed by atoms with E-state index < -0.39 is 5.60 Å². The van der Waals surface area contributed by atoms with Crippen LogP contribution in [0.15, 0.2) is 0 Å². The van der Waals surface area contributed by atoms with Crippen LogP contribution in [0.1, 0.15) is 55.0 Å². The van der Waals surface area contributed by atoms with Gasteiger partial charge in [-0.15, -0.1) is 5.10 Å². The fourth-order valence-electron chi connectivity index (χ4n) is 2.44. The summed E-state index contributed by atoms with van der Waals surface area (Å²) in [4.78, 5) is 18.1. The number of piperidine rings is 1. The Morgan fingerprint density at radius 2 is 2.33 bits per heavy atom. The number of hydrogen-bond acceptors (Lipinski definition) is 4. The summed E-state index contributed by atoms with van der Waals surface area (Å²) in [5.41, 5.74) is -0.788. The molecule has 1 aromatic rings. The van der Waals surface area contributed by atoms with Gasteiger partial charge in [0.25, 0.3) is 5.91 Å². The van der Waals surface area contributed by atoms with Crippen LogP contribution >= 0.6 is 0 Å². The molecular formula is C12H18N4O2. The third-order valence-electron chi connectivity index (χ3n) is 3.62. The van der Waals surface area contributed by atoms with E-state index in [9.17, 15) is 9.90 Å². The van der Waals surface area contributed by atoms with Crippen LogP contribution in [0.25, 0.3) is 0 Å². The Morgan fingerprint density at radius 3 is 3.00 bits per heavy atom. The third kappa shape index (κ3) is 2.25. The first kappa shape index (κ1) is 11.6. The molecule has 2 N–H and O–H groups in total. The van der Waals surface area contributed by atoms with E-state index in [-0.39, 0.29) is 11.7 Å². The zero-order chi connectivity index (χ0) is 12.8. The molecule has 0 aromatic carbocycles. The molecule has 1 aliphatic carbocycles. The average molecular weight is 250 g/mol. The van der Waals surface area contributed by atoms with Gasteiger partial charge in [-0.25, -0.2) is 4.98 Å². The normalized spacial score (nSPS) is 28.4. The summed E-state index contributed by atoms with van der Waals surface area (Å²) in [6.07, 6.45) is 3.80. The summed E-state index contributed by atoms with van der Waals surface area (Å²) in [5, 5.41) is 16.8. The van der Waals surface area contributed by atoms with Gasteiger partial charge in [-0.05, 0) is 32.6 Å². The van der Waals surface area contributed by atoms with Crippen molar-refractivity contribution in [2.45, 2.75) is 44.1 Å². The highest BCUT2D eigenvalue weighted by atomic mass is 16.3. The van der Waals surface area contributed by atoms with Crippen LogP contribution < -0.4 is 0 Å². The predicted molar refractivity (Wildman–Crippen MR) is 64.1 cm³/mol. The van der Waals surface area contributed by atoms with Crippen molar-refractivity contribution < 1.29 is 9.90 Å². The summed E-state index contributed by atoms with van der Waals surface area (Å²) in [6, 6.07) is 0. The quantitative estimate of drug-likeness (QED) is 0.808. The van der Waals surface area contributed by atoms with E-state index in [1.165, 1.54) is 0 Å². The van der Waals surface area contributed by atoms with Crippen molar-refractivity contribution in [2.75, 3.05) is 13.1 Å². The maximum Gasteiger partial charge on any atom is 0.293 e. The van der Waals surface area contributed by atoms with Crippen molar-refractivity contribution in [3.63, 3.8) is 0 Å². The first-order valence-corrected chi connectivity index (χ1v) is 6.49. The number of hydrogen-bond donors (Lipinski definition) is 2. The van der Waals surface area contributed by atoms with Crippen molar-refractivity contribution in [3.05, 3.63) is 11.6 Å². The van der Waals surface area contributed by atoms with Gasteiger partial charge in [-0.3, -0.25) is 9.89 Å². The second-order valence-electron chi connectivity index (χ2n) is 5.65. The van der Waals surface area contributed by atoms with Crippen LogP contribution in [-0.2, 0) is 0 Å². The Hall–Kier alpha value is -1.43. The van der Waals surface area contributed by atoms with Crippen molar-refractivity contribution >= 4 is 5.91 Å². The Balaban J connectivity index is 1.72. The van der Waals surface area contributed by atoms with E-state index in [0.29, 0.717) is 19.0 Å². The number of carbonyl (C=O) groups is 1. The average Bonchev–Trinajstić information content (AvgIpc) is 3.05. The number of amides is 1. The van der Waals surface area contributed by atoms with Gasteiger partial charge in [-0.2, -0.15) is 0 Å². The molecule has 2 aliphatic rings. The monoisotopic (exact) mass is 250 g/mol. The molecule has 1 saturated carbocycles. The highest BCUT2D eigenvalue weighted by Crippen LogP contribution is 2.37. The maximum absolute atomic E-state index is 12.2. The van der Waals surface area contributed by atoms with E-state index >= 15 is 0 Å². The van der Waals surface area contributed by atoms with Gasteiger partial charge in [0.05, 0.1) is 5.60 Å². The van der Waals surface area contributed by atoms with Gasteiger partial charge in [0.2, 0.25) is 5.82 Å². The molecule has 6 nitrogen and oxygen atoms in total. The molecule has 2 fully saturated rings. The lowest BCUT2D eigenvalue weighted by molar-refractivity contribution is -0.0111. The van der Waals surface area contributed by atoms with E-state index in [0.717, 1.165) is 31.5 Å². The van der Waals surface area contributed by atoms with Crippen molar-refractivity contribution in [3.8, 4) is 0 Å². The van der Waals surface area contributed by atoms with Crippen molar-refractivity contribution in [2.24, 2.45) is 0 Å². The molecule has 6 heteroatoms. The van der Waals surface area contributed by atoms with Gasteiger partial charge in [-0.1, -0.05) is 0 Å². The largest absolute Gasteiger partial charge is 0.388 e. The van der Waals surface area contributed by atoms with Crippen LogP contribution in [-0.4, -0.2) is 49.8 Å². The maximum atomic E-state index is 12.2. The molecule has 1 aromatic heterocycles. The van der Waals surface area contributed by atoms with Crippen molar-refractivity contribution in [1.82, 2.24) is 20.1 Å². The number of nitrogens with zero attached hydrogens (tertiary/aromatic N) is 3. The first-order valence-electron chi connectivity index (χ1n) is 6.49. The van der Waals surface area contributed by atoms with Gasteiger partial charge in [0.1, 0.15) is 5.82 Å². The number of rotatable bonds is 2. The number of β-amino-alcohol motifs (C(OH)–C–C–N with tert-alkyl or cyclic N) is 1. The molecule has 2 heterocycles. The standard InChI is InChI=1S/C12H18N4O2/c1-12(18)5-2-6-16(7-12)11(17)10-13-9(14-15-10)8-3-4-8/h8,18H,2-7H2,1H3,(H,13,14,15). The Bertz CT molecular complexity index is 464. The second kappa shape index (κ2) is 4.05. The molecule has 0 bridgehead atoms. The zero-order valence-corrected chi connectivity index (χ0v) is 10.5. The Morgan fingerprint density at radius 1 is 1.56 bits per heavy atom.